The van der Waals surface area contributed by atoms with E-state index in [4.69, 9.17) is 16.3 Å². The van der Waals surface area contributed by atoms with Crippen LogP contribution >= 0.6 is 11.6 Å². The van der Waals surface area contributed by atoms with Crippen LogP contribution in [0.2, 0.25) is 5.02 Å². The number of carbonyl (C=O) groups is 1. The summed E-state index contributed by atoms with van der Waals surface area (Å²) < 4.78 is 4.99. The molecule has 0 aliphatic carbocycles. The van der Waals surface area contributed by atoms with Crippen LogP contribution in [0, 0.1) is 0 Å². The molecule has 2 nitrogen and oxygen atoms in total. The van der Waals surface area contributed by atoms with E-state index in [0.29, 0.717) is 10.6 Å². The van der Waals surface area contributed by atoms with Crippen molar-refractivity contribution in [3.63, 3.8) is 0 Å². The Hall–Kier alpha value is -3.10. The van der Waals surface area contributed by atoms with Gasteiger partial charge in [-0.15, -0.1) is 0 Å². The van der Waals surface area contributed by atoms with Gasteiger partial charge in [-0.3, -0.25) is 0 Å². The van der Waals surface area contributed by atoms with E-state index < -0.39 is 5.97 Å². The lowest BCUT2D eigenvalue weighted by Crippen LogP contribution is -2.04. The summed E-state index contributed by atoms with van der Waals surface area (Å²) in [6.07, 6.45) is 0. The molecule has 0 N–H and O–H groups in total. The minimum atomic E-state index is -0.403. The highest BCUT2D eigenvalue weighted by Gasteiger charge is 2.18. The third-order valence-electron chi connectivity index (χ3n) is 4.65. The molecule has 0 bridgehead atoms. The van der Waals surface area contributed by atoms with Crippen LogP contribution in [-0.2, 0) is 4.74 Å². The van der Waals surface area contributed by atoms with Gasteiger partial charge in [0, 0.05) is 5.02 Å². The molecule has 0 aliphatic heterocycles. The zero-order chi connectivity index (χ0) is 18.8. The number of hydrogen-bond donors (Lipinski definition) is 0. The lowest BCUT2D eigenvalue weighted by atomic mass is 9.89. The van der Waals surface area contributed by atoms with Crippen molar-refractivity contribution < 1.29 is 9.53 Å². The number of ether oxygens (including phenoxy) is 1. The van der Waals surface area contributed by atoms with Gasteiger partial charge in [0.15, 0.2) is 0 Å². The molecule has 0 radical (unpaired) electrons. The Bertz CT molecular complexity index is 1130. The van der Waals surface area contributed by atoms with Gasteiger partial charge in [-0.05, 0) is 57.3 Å². The molecule has 0 heterocycles. The topological polar surface area (TPSA) is 26.3 Å². The zero-order valence-electron chi connectivity index (χ0n) is 14.8. The number of esters is 1. The molecule has 27 heavy (non-hydrogen) atoms. The first-order valence-corrected chi connectivity index (χ1v) is 9.01. The van der Waals surface area contributed by atoms with Gasteiger partial charge in [0.1, 0.15) is 0 Å². The molecule has 0 saturated heterocycles. The molecule has 4 aromatic rings. The maximum Gasteiger partial charge on any atom is 0.338 e. The number of methoxy groups -OCH3 is 1. The van der Waals surface area contributed by atoms with Crippen molar-refractivity contribution in [2.24, 2.45) is 0 Å². The molecule has 0 saturated carbocycles. The summed E-state index contributed by atoms with van der Waals surface area (Å²) in [5.74, 6) is -0.403. The van der Waals surface area contributed by atoms with Crippen molar-refractivity contribution in [3.05, 3.63) is 95.5 Å². The molecule has 0 spiro atoms. The van der Waals surface area contributed by atoms with E-state index in [1.54, 1.807) is 12.1 Å². The first kappa shape index (κ1) is 17.3. The Morgan fingerprint density at radius 2 is 1.37 bits per heavy atom. The fraction of sp³-hybridized carbons (Fsp3) is 0.0417. The molecule has 0 fully saturated rings. The summed E-state index contributed by atoms with van der Waals surface area (Å²) in [6.45, 7) is 0. The Labute approximate surface area is 163 Å². The Morgan fingerprint density at radius 3 is 2.04 bits per heavy atom. The van der Waals surface area contributed by atoms with E-state index >= 15 is 0 Å². The molecular formula is C24H17ClO2. The number of carbonyl (C=O) groups excluding carboxylic acids is 1. The van der Waals surface area contributed by atoms with Crippen LogP contribution in [0.1, 0.15) is 10.4 Å². The predicted octanol–water partition coefficient (Wildman–Crippen LogP) is 6.61. The second-order valence-corrected chi connectivity index (χ2v) is 6.73. The number of fused-ring (bicyclic) bond motifs is 1. The molecule has 132 valence electrons. The second kappa shape index (κ2) is 7.26. The number of hydrogen-bond acceptors (Lipinski definition) is 2. The first-order chi connectivity index (χ1) is 13.2. The van der Waals surface area contributed by atoms with E-state index in [1.165, 1.54) is 7.11 Å². The van der Waals surface area contributed by atoms with Gasteiger partial charge in [0.2, 0.25) is 0 Å². The standard InChI is InChI=1S/C24H17ClO2/c1-27-24(26)23-15-19(25)11-12-20(23)22-14-18-10-6-5-9-17(18)13-21(22)16-7-3-2-4-8-16/h2-15H,1H3. The van der Waals surface area contributed by atoms with E-state index in [9.17, 15) is 4.79 Å². The van der Waals surface area contributed by atoms with E-state index in [-0.39, 0.29) is 0 Å². The van der Waals surface area contributed by atoms with Crippen molar-refractivity contribution in [2.45, 2.75) is 0 Å². The molecule has 4 aromatic carbocycles. The zero-order valence-corrected chi connectivity index (χ0v) is 15.5. The van der Waals surface area contributed by atoms with Crippen molar-refractivity contribution in [1.82, 2.24) is 0 Å². The molecular weight excluding hydrogens is 356 g/mol. The molecule has 0 unspecified atom stereocenters. The normalized spacial score (nSPS) is 10.7. The molecule has 0 aromatic heterocycles. The first-order valence-electron chi connectivity index (χ1n) is 8.64. The van der Waals surface area contributed by atoms with Gasteiger partial charge in [-0.25, -0.2) is 4.79 Å². The summed E-state index contributed by atoms with van der Waals surface area (Å²) in [4.78, 5) is 12.4. The largest absolute Gasteiger partial charge is 0.465 e. The van der Waals surface area contributed by atoms with Crippen molar-refractivity contribution in [2.75, 3.05) is 7.11 Å². The Balaban J connectivity index is 2.06. The lowest BCUT2D eigenvalue weighted by molar-refractivity contribution is 0.0601. The molecule has 0 aliphatic rings. The minimum Gasteiger partial charge on any atom is -0.465 e. The highest BCUT2D eigenvalue weighted by atomic mass is 35.5. The highest BCUT2D eigenvalue weighted by Crippen LogP contribution is 2.38. The minimum absolute atomic E-state index is 0.403. The van der Waals surface area contributed by atoms with Gasteiger partial charge < -0.3 is 4.74 Å². The summed E-state index contributed by atoms with van der Waals surface area (Å²) in [5.41, 5.74) is 4.37. The average molecular weight is 373 g/mol. The maximum absolute atomic E-state index is 12.4. The third-order valence-corrected chi connectivity index (χ3v) is 4.88. The monoisotopic (exact) mass is 372 g/mol. The van der Waals surface area contributed by atoms with Crippen LogP contribution in [-0.4, -0.2) is 13.1 Å². The van der Waals surface area contributed by atoms with Crippen LogP contribution in [0.25, 0.3) is 33.0 Å². The van der Waals surface area contributed by atoms with Crippen LogP contribution in [0.4, 0.5) is 0 Å². The predicted molar refractivity (Wildman–Crippen MR) is 111 cm³/mol. The highest BCUT2D eigenvalue weighted by molar-refractivity contribution is 6.31. The van der Waals surface area contributed by atoms with E-state index in [2.05, 4.69) is 36.4 Å². The quantitative estimate of drug-likeness (QED) is 0.378. The summed E-state index contributed by atoms with van der Waals surface area (Å²) in [7, 11) is 1.38. The average Bonchev–Trinajstić information content (AvgIpc) is 2.73. The second-order valence-electron chi connectivity index (χ2n) is 6.29. The van der Waals surface area contributed by atoms with E-state index in [0.717, 1.165) is 33.0 Å². The van der Waals surface area contributed by atoms with Crippen molar-refractivity contribution >= 4 is 28.3 Å². The number of benzene rings is 4. The fourth-order valence-corrected chi connectivity index (χ4v) is 3.52. The number of rotatable bonds is 3. The Morgan fingerprint density at radius 1 is 0.741 bits per heavy atom. The van der Waals surface area contributed by atoms with Crippen LogP contribution < -0.4 is 0 Å². The van der Waals surface area contributed by atoms with Crippen molar-refractivity contribution in [1.29, 1.82) is 0 Å². The van der Waals surface area contributed by atoms with Gasteiger partial charge in [-0.2, -0.15) is 0 Å². The van der Waals surface area contributed by atoms with E-state index in [1.807, 2.05) is 36.4 Å². The third kappa shape index (κ3) is 3.32. The van der Waals surface area contributed by atoms with Crippen LogP contribution in [0.3, 0.4) is 0 Å². The summed E-state index contributed by atoms with van der Waals surface area (Å²) in [6, 6.07) is 28.0. The SMILES string of the molecule is COC(=O)c1cc(Cl)ccc1-c1cc2ccccc2cc1-c1ccccc1. The smallest absolute Gasteiger partial charge is 0.338 e. The lowest BCUT2D eigenvalue weighted by Gasteiger charge is -2.15. The van der Waals surface area contributed by atoms with Gasteiger partial charge in [0.25, 0.3) is 0 Å². The van der Waals surface area contributed by atoms with Crippen molar-refractivity contribution in [3.8, 4) is 22.3 Å². The molecule has 0 atom stereocenters. The van der Waals surface area contributed by atoms with Gasteiger partial charge in [0.05, 0.1) is 12.7 Å². The molecule has 3 heteroatoms. The summed E-state index contributed by atoms with van der Waals surface area (Å²) >= 11 is 6.15. The number of halogens is 1. The Kier molecular flexibility index (Phi) is 4.66. The molecule has 0 amide bonds. The van der Waals surface area contributed by atoms with Gasteiger partial charge >= 0.3 is 5.97 Å². The van der Waals surface area contributed by atoms with Crippen LogP contribution in [0.15, 0.2) is 84.9 Å². The van der Waals surface area contributed by atoms with Crippen LogP contribution in [0.5, 0.6) is 0 Å². The van der Waals surface area contributed by atoms with Gasteiger partial charge in [-0.1, -0.05) is 72.3 Å². The summed E-state index contributed by atoms with van der Waals surface area (Å²) in [5, 5.41) is 2.76. The fourth-order valence-electron chi connectivity index (χ4n) is 3.35. The maximum atomic E-state index is 12.4. The molecule has 4 rings (SSSR count).